The van der Waals surface area contributed by atoms with Crippen molar-refractivity contribution in [2.75, 3.05) is 19.0 Å². The number of anilines is 1. The standard InChI is InChI=1S/C21H25N5O4/c1-30-13-16-23-19(25-24-16)14-5-4-6-15(11-14)22-17(27)7-10-26-18(28)12-21(20(26)29)8-2-3-9-21/h4-6,11H,2-3,7-10,12-13H2,1H3,(H,22,27)(H,23,24,25). The van der Waals surface area contributed by atoms with Gasteiger partial charge >= 0.3 is 0 Å². The number of aromatic amines is 1. The molecule has 2 heterocycles. The Morgan fingerprint density at radius 2 is 2.10 bits per heavy atom. The minimum absolute atomic E-state index is 0.0659. The Bertz CT molecular complexity index is 964. The fourth-order valence-corrected chi connectivity index (χ4v) is 4.33. The lowest BCUT2D eigenvalue weighted by Crippen LogP contribution is -2.36. The summed E-state index contributed by atoms with van der Waals surface area (Å²) >= 11 is 0. The van der Waals surface area contributed by atoms with Crippen molar-refractivity contribution in [3.8, 4) is 11.4 Å². The highest BCUT2D eigenvalue weighted by atomic mass is 16.5. The third-order valence-corrected chi connectivity index (χ3v) is 5.83. The van der Waals surface area contributed by atoms with Crippen LogP contribution in [-0.2, 0) is 25.7 Å². The first-order valence-corrected chi connectivity index (χ1v) is 10.2. The van der Waals surface area contributed by atoms with E-state index in [9.17, 15) is 14.4 Å². The topological polar surface area (TPSA) is 117 Å². The number of aromatic nitrogens is 3. The van der Waals surface area contributed by atoms with Gasteiger partial charge in [-0.1, -0.05) is 25.0 Å². The molecule has 9 heteroatoms. The van der Waals surface area contributed by atoms with Crippen LogP contribution in [0.4, 0.5) is 5.69 Å². The van der Waals surface area contributed by atoms with Gasteiger partial charge in [-0.05, 0) is 25.0 Å². The van der Waals surface area contributed by atoms with Gasteiger partial charge in [0.05, 0.1) is 5.41 Å². The second-order valence-corrected chi connectivity index (χ2v) is 7.93. The number of imide groups is 1. The third kappa shape index (κ3) is 3.97. The van der Waals surface area contributed by atoms with Crippen molar-refractivity contribution >= 4 is 23.4 Å². The molecule has 30 heavy (non-hydrogen) atoms. The maximum absolute atomic E-state index is 12.7. The number of ether oxygens (including phenoxy) is 1. The molecule has 9 nitrogen and oxygen atoms in total. The van der Waals surface area contributed by atoms with Crippen LogP contribution in [0.3, 0.4) is 0 Å². The Balaban J connectivity index is 1.35. The highest BCUT2D eigenvalue weighted by Gasteiger charge is 2.52. The number of carbonyl (C=O) groups is 3. The summed E-state index contributed by atoms with van der Waals surface area (Å²) in [5.74, 6) is 0.606. The highest BCUT2D eigenvalue weighted by molar-refractivity contribution is 6.06. The Hall–Kier alpha value is -3.07. The molecule has 3 amide bonds. The summed E-state index contributed by atoms with van der Waals surface area (Å²) in [5.41, 5.74) is 0.849. The summed E-state index contributed by atoms with van der Waals surface area (Å²) in [5, 5.41) is 9.78. The number of H-pyrrole nitrogens is 1. The SMILES string of the molecule is COCc1nc(-c2cccc(NC(=O)CCN3C(=O)CC4(CCCC4)C3=O)c2)n[nH]1. The largest absolute Gasteiger partial charge is 0.377 e. The van der Waals surface area contributed by atoms with Gasteiger partial charge in [-0.15, -0.1) is 0 Å². The average molecular weight is 411 g/mol. The zero-order chi connectivity index (χ0) is 21.1. The van der Waals surface area contributed by atoms with Gasteiger partial charge in [0.15, 0.2) is 11.6 Å². The van der Waals surface area contributed by atoms with Crippen LogP contribution >= 0.6 is 0 Å². The van der Waals surface area contributed by atoms with E-state index in [1.807, 2.05) is 6.07 Å². The molecule has 1 aliphatic carbocycles. The Morgan fingerprint density at radius 1 is 1.30 bits per heavy atom. The summed E-state index contributed by atoms with van der Waals surface area (Å²) < 4.78 is 5.03. The summed E-state index contributed by atoms with van der Waals surface area (Å²) in [7, 11) is 1.58. The molecule has 1 aromatic heterocycles. The molecule has 1 spiro atoms. The molecule has 1 aliphatic heterocycles. The number of nitrogens with one attached hydrogen (secondary N) is 2. The van der Waals surface area contributed by atoms with Gasteiger partial charge in [0.25, 0.3) is 0 Å². The third-order valence-electron chi connectivity index (χ3n) is 5.83. The molecule has 2 aliphatic rings. The number of likely N-dealkylation sites (tertiary alicyclic amines) is 1. The Labute approximate surface area is 174 Å². The number of rotatable bonds is 7. The summed E-state index contributed by atoms with van der Waals surface area (Å²) in [6.45, 7) is 0.449. The number of amides is 3. The van der Waals surface area contributed by atoms with Crippen LogP contribution in [0.25, 0.3) is 11.4 Å². The maximum atomic E-state index is 12.7. The maximum Gasteiger partial charge on any atom is 0.235 e. The van der Waals surface area contributed by atoms with Gasteiger partial charge in [-0.3, -0.25) is 24.4 Å². The zero-order valence-electron chi connectivity index (χ0n) is 16.9. The second kappa shape index (κ2) is 8.35. The quantitative estimate of drug-likeness (QED) is 0.675. The van der Waals surface area contributed by atoms with Crippen LogP contribution in [0, 0.1) is 5.41 Å². The molecule has 0 unspecified atom stereocenters. The van der Waals surface area contributed by atoms with Gasteiger partial charge < -0.3 is 10.1 Å². The predicted octanol–water partition coefficient (Wildman–Crippen LogP) is 2.27. The minimum Gasteiger partial charge on any atom is -0.377 e. The molecular weight excluding hydrogens is 386 g/mol. The second-order valence-electron chi connectivity index (χ2n) is 7.93. The zero-order valence-corrected chi connectivity index (χ0v) is 16.9. The van der Waals surface area contributed by atoms with Crippen molar-refractivity contribution in [2.24, 2.45) is 5.41 Å². The number of hydrogen-bond donors (Lipinski definition) is 2. The molecule has 4 rings (SSSR count). The van der Waals surface area contributed by atoms with E-state index in [0.717, 1.165) is 31.2 Å². The number of nitrogens with zero attached hydrogens (tertiary/aromatic N) is 3. The van der Waals surface area contributed by atoms with Crippen molar-refractivity contribution in [2.45, 2.75) is 45.1 Å². The molecule has 1 saturated carbocycles. The number of carbonyl (C=O) groups excluding carboxylic acids is 3. The van der Waals surface area contributed by atoms with E-state index in [0.29, 0.717) is 23.9 Å². The average Bonchev–Trinajstić information content (AvgIpc) is 3.43. The lowest BCUT2D eigenvalue weighted by Gasteiger charge is -2.20. The van der Waals surface area contributed by atoms with Gasteiger partial charge in [0, 0.05) is 37.7 Å². The first-order chi connectivity index (χ1) is 14.5. The van der Waals surface area contributed by atoms with E-state index in [1.54, 1.807) is 25.3 Å². The van der Waals surface area contributed by atoms with E-state index in [-0.39, 0.29) is 37.1 Å². The van der Waals surface area contributed by atoms with E-state index >= 15 is 0 Å². The van der Waals surface area contributed by atoms with Crippen LogP contribution < -0.4 is 5.32 Å². The first-order valence-electron chi connectivity index (χ1n) is 10.2. The van der Waals surface area contributed by atoms with Gasteiger partial charge in [0.1, 0.15) is 6.61 Å². The van der Waals surface area contributed by atoms with E-state index < -0.39 is 5.41 Å². The molecule has 0 atom stereocenters. The summed E-state index contributed by atoms with van der Waals surface area (Å²) in [6.07, 6.45) is 3.89. The molecule has 1 aromatic carbocycles. The molecule has 0 bridgehead atoms. The number of hydrogen-bond acceptors (Lipinski definition) is 6. The summed E-state index contributed by atoms with van der Waals surface area (Å²) in [6, 6.07) is 7.19. The van der Waals surface area contributed by atoms with Crippen LogP contribution in [-0.4, -0.2) is 51.5 Å². The monoisotopic (exact) mass is 411 g/mol. The van der Waals surface area contributed by atoms with Crippen molar-refractivity contribution < 1.29 is 19.1 Å². The van der Waals surface area contributed by atoms with Crippen LogP contribution in [0.1, 0.15) is 44.3 Å². The van der Waals surface area contributed by atoms with E-state index in [2.05, 4.69) is 20.5 Å². The molecule has 2 N–H and O–H groups in total. The van der Waals surface area contributed by atoms with Gasteiger partial charge in [-0.2, -0.15) is 5.10 Å². The molecule has 2 fully saturated rings. The lowest BCUT2D eigenvalue weighted by atomic mass is 9.84. The van der Waals surface area contributed by atoms with Gasteiger partial charge in [-0.25, -0.2) is 4.98 Å². The lowest BCUT2D eigenvalue weighted by molar-refractivity contribution is -0.141. The van der Waals surface area contributed by atoms with Crippen LogP contribution in [0.2, 0.25) is 0 Å². The van der Waals surface area contributed by atoms with Gasteiger partial charge in [0.2, 0.25) is 17.7 Å². The van der Waals surface area contributed by atoms with E-state index in [1.165, 1.54) is 4.90 Å². The van der Waals surface area contributed by atoms with Crippen LogP contribution in [0.15, 0.2) is 24.3 Å². The van der Waals surface area contributed by atoms with E-state index in [4.69, 9.17) is 4.74 Å². The first kappa shape index (κ1) is 20.2. The molecule has 1 saturated heterocycles. The molecule has 0 radical (unpaired) electrons. The van der Waals surface area contributed by atoms with Crippen LogP contribution in [0.5, 0.6) is 0 Å². The minimum atomic E-state index is -0.500. The number of methoxy groups -OCH3 is 1. The highest BCUT2D eigenvalue weighted by Crippen LogP contribution is 2.46. The van der Waals surface area contributed by atoms with Crippen molar-refractivity contribution in [1.29, 1.82) is 0 Å². The van der Waals surface area contributed by atoms with Crippen molar-refractivity contribution in [1.82, 2.24) is 20.1 Å². The Kier molecular flexibility index (Phi) is 5.63. The van der Waals surface area contributed by atoms with Crippen molar-refractivity contribution in [3.05, 3.63) is 30.1 Å². The normalized spacial score (nSPS) is 17.8. The molecule has 2 aromatic rings. The fourth-order valence-electron chi connectivity index (χ4n) is 4.33. The summed E-state index contributed by atoms with van der Waals surface area (Å²) in [4.78, 5) is 43.1. The molecular formula is C21H25N5O4. The van der Waals surface area contributed by atoms with Crippen molar-refractivity contribution in [3.63, 3.8) is 0 Å². The Morgan fingerprint density at radius 3 is 2.87 bits per heavy atom. The number of benzene rings is 1. The molecule has 158 valence electrons. The predicted molar refractivity (Wildman–Crippen MR) is 108 cm³/mol. The fraction of sp³-hybridized carbons (Fsp3) is 0.476. The smallest absolute Gasteiger partial charge is 0.235 e.